The van der Waals surface area contributed by atoms with Gasteiger partial charge in [-0.2, -0.15) is 0 Å². The Morgan fingerprint density at radius 1 is 1.00 bits per heavy atom. The van der Waals surface area contributed by atoms with E-state index in [1.807, 2.05) is 36.4 Å². The topological polar surface area (TPSA) is 42.4 Å². The lowest BCUT2D eigenvalue weighted by molar-refractivity contribution is 0.194. The van der Waals surface area contributed by atoms with Crippen molar-refractivity contribution in [1.82, 2.24) is 4.98 Å². The SMILES string of the molecule is C[C@H](O)c1ccc(Oc2cccc3ccccc23)cn1. The van der Waals surface area contributed by atoms with Crippen LogP contribution in [-0.4, -0.2) is 10.1 Å². The van der Waals surface area contributed by atoms with Gasteiger partial charge < -0.3 is 9.84 Å². The normalized spacial score (nSPS) is 12.3. The van der Waals surface area contributed by atoms with Crippen LogP contribution in [0.25, 0.3) is 10.8 Å². The van der Waals surface area contributed by atoms with Crippen molar-refractivity contribution in [2.45, 2.75) is 13.0 Å². The molecule has 20 heavy (non-hydrogen) atoms. The summed E-state index contributed by atoms with van der Waals surface area (Å²) in [6, 6.07) is 17.6. The van der Waals surface area contributed by atoms with Crippen LogP contribution in [0.15, 0.2) is 60.8 Å². The molecule has 0 aliphatic rings. The van der Waals surface area contributed by atoms with Gasteiger partial charge in [0, 0.05) is 5.39 Å². The number of aliphatic hydroxyl groups excluding tert-OH is 1. The highest BCUT2D eigenvalue weighted by Crippen LogP contribution is 2.29. The third kappa shape index (κ3) is 2.49. The Labute approximate surface area is 117 Å². The number of ether oxygens (including phenoxy) is 1. The van der Waals surface area contributed by atoms with Crippen LogP contribution in [0.1, 0.15) is 18.7 Å². The number of aromatic nitrogens is 1. The maximum absolute atomic E-state index is 9.44. The third-order valence-corrected chi connectivity index (χ3v) is 3.16. The maximum Gasteiger partial charge on any atom is 0.145 e. The highest BCUT2D eigenvalue weighted by atomic mass is 16.5. The molecular weight excluding hydrogens is 250 g/mol. The number of pyridine rings is 1. The number of nitrogens with zero attached hydrogens (tertiary/aromatic N) is 1. The number of hydrogen-bond acceptors (Lipinski definition) is 3. The van der Waals surface area contributed by atoms with E-state index >= 15 is 0 Å². The van der Waals surface area contributed by atoms with Crippen LogP contribution in [0, 0.1) is 0 Å². The zero-order valence-electron chi connectivity index (χ0n) is 11.2. The second-order valence-electron chi connectivity index (χ2n) is 4.67. The zero-order chi connectivity index (χ0) is 13.9. The summed E-state index contributed by atoms with van der Waals surface area (Å²) in [5.41, 5.74) is 0.635. The van der Waals surface area contributed by atoms with Crippen molar-refractivity contribution in [3.05, 3.63) is 66.5 Å². The summed E-state index contributed by atoms with van der Waals surface area (Å²) in [5.74, 6) is 1.46. The van der Waals surface area contributed by atoms with Gasteiger partial charge in [-0.3, -0.25) is 4.98 Å². The Balaban J connectivity index is 1.93. The molecule has 0 bridgehead atoms. The first-order valence-corrected chi connectivity index (χ1v) is 6.54. The Bertz CT molecular complexity index is 715. The molecule has 0 amide bonds. The largest absolute Gasteiger partial charge is 0.455 e. The summed E-state index contributed by atoms with van der Waals surface area (Å²) in [7, 11) is 0. The van der Waals surface area contributed by atoms with E-state index in [4.69, 9.17) is 4.74 Å². The third-order valence-electron chi connectivity index (χ3n) is 3.16. The van der Waals surface area contributed by atoms with Crippen molar-refractivity contribution in [3.63, 3.8) is 0 Å². The Morgan fingerprint density at radius 3 is 2.55 bits per heavy atom. The molecule has 0 aliphatic heterocycles. The minimum Gasteiger partial charge on any atom is -0.455 e. The lowest BCUT2D eigenvalue weighted by Gasteiger charge is -2.09. The first kappa shape index (κ1) is 12.6. The van der Waals surface area contributed by atoms with E-state index in [1.54, 1.807) is 19.2 Å². The summed E-state index contributed by atoms with van der Waals surface area (Å²) >= 11 is 0. The van der Waals surface area contributed by atoms with E-state index in [1.165, 1.54) is 0 Å². The monoisotopic (exact) mass is 265 g/mol. The molecule has 100 valence electrons. The lowest BCUT2D eigenvalue weighted by Crippen LogP contribution is -1.95. The molecule has 3 rings (SSSR count). The van der Waals surface area contributed by atoms with E-state index < -0.39 is 6.10 Å². The van der Waals surface area contributed by atoms with Gasteiger partial charge in [-0.15, -0.1) is 0 Å². The molecule has 0 saturated heterocycles. The van der Waals surface area contributed by atoms with Crippen LogP contribution in [-0.2, 0) is 0 Å². The van der Waals surface area contributed by atoms with Gasteiger partial charge in [0.15, 0.2) is 0 Å². The molecule has 0 radical (unpaired) electrons. The van der Waals surface area contributed by atoms with Gasteiger partial charge >= 0.3 is 0 Å². The van der Waals surface area contributed by atoms with Gasteiger partial charge in [-0.25, -0.2) is 0 Å². The second-order valence-corrected chi connectivity index (χ2v) is 4.67. The number of fused-ring (bicyclic) bond motifs is 1. The van der Waals surface area contributed by atoms with E-state index in [2.05, 4.69) is 17.1 Å². The molecular formula is C17H15NO2. The molecule has 2 aromatic carbocycles. The minimum atomic E-state index is -0.568. The lowest BCUT2D eigenvalue weighted by atomic mass is 10.1. The fourth-order valence-corrected chi connectivity index (χ4v) is 2.11. The van der Waals surface area contributed by atoms with Gasteiger partial charge in [-0.1, -0.05) is 36.4 Å². The van der Waals surface area contributed by atoms with Gasteiger partial charge in [0.25, 0.3) is 0 Å². The molecule has 0 spiro atoms. The molecule has 3 nitrogen and oxygen atoms in total. The first-order chi connectivity index (χ1) is 9.74. The molecule has 1 aromatic heterocycles. The van der Waals surface area contributed by atoms with Crippen LogP contribution in [0.4, 0.5) is 0 Å². The average molecular weight is 265 g/mol. The van der Waals surface area contributed by atoms with Crippen LogP contribution in [0.5, 0.6) is 11.5 Å². The summed E-state index contributed by atoms with van der Waals surface area (Å²) in [6.07, 6.45) is 1.06. The van der Waals surface area contributed by atoms with Gasteiger partial charge in [0.2, 0.25) is 0 Å². The zero-order valence-corrected chi connectivity index (χ0v) is 11.2. The van der Waals surface area contributed by atoms with Gasteiger partial charge in [-0.05, 0) is 30.5 Å². The van der Waals surface area contributed by atoms with Crippen molar-refractivity contribution in [2.24, 2.45) is 0 Å². The summed E-state index contributed by atoms with van der Waals surface area (Å²) in [6.45, 7) is 1.69. The molecule has 1 heterocycles. The predicted octanol–water partition coefficient (Wildman–Crippen LogP) is 4.08. The number of rotatable bonds is 3. The standard InChI is InChI=1S/C17H15NO2/c1-12(19)16-10-9-14(11-18-16)20-17-8-4-6-13-5-2-3-7-15(13)17/h2-12,19H,1H3/t12-/m0/s1. The predicted molar refractivity (Wildman–Crippen MR) is 78.9 cm³/mol. The van der Waals surface area contributed by atoms with Crippen LogP contribution in [0.3, 0.4) is 0 Å². The van der Waals surface area contributed by atoms with E-state index in [-0.39, 0.29) is 0 Å². The fraction of sp³-hybridized carbons (Fsp3) is 0.118. The number of benzene rings is 2. The molecule has 0 aliphatic carbocycles. The summed E-state index contributed by atoms with van der Waals surface area (Å²) in [5, 5.41) is 11.6. The van der Waals surface area contributed by atoms with Crippen molar-refractivity contribution in [1.29, 1.82) is 0 Å². The molecule has 0 saturated carbocycles. The average Bonchev–Trinajstić information content (AvgIpc) is 2.48. The van der Waals surface area contributed by atoms with Crippen molar-refractivity contribution in [2.75, 3.05) is 0 Å². The Morgan fingerprint density at radius 2 is 1.80 bits per heavy atom. The van der Waals surface area contributed by atoms with Crippen LogP contribution < -0.4 is 4.74 Å². The molecule has 1 atom stereocenters. The van der Waals surface area contributed by atoms with Crippen LogP contribution >= 0.6 is 0 Å². The van der Waals surface area contributed by atoms with E-state index in [9.17, 15) is 5.11 Å². The van der Waals surface area contributed by atoms with Gasteiger partial charge in [0.05, 0.1) is 18.0 Å². The first-order valence-electron chi connectivity index (χ1n) is 6.54. The van der Waals surface area contributed by atoms with Crippen molar-refractivity contribution >= 4 is 10.8 Å². The maximum atomic E-state index is 9.44. The molecule has 0 fully saturated rings. The highest BCUT2D eigenvalue weighted by molar-refractivity contribution is 5.88. The second kappa shape index (κ2) is 5.31. The van der Waals surface area contributed by atoms with Crippen molar-refractivity contribution in [3.8, 4) is 11.5 Å². The summed E-state index contributed by atoms with van der Waals surface area (Å²) in [4.78, 5) is 4.18. The molecule has 3 heteroatoms. The van der Waals surface area contributed by atoms with Crippen LogP contribution in [0.2, 0.25) is 0 Å². The highest BCUT2D eigenvalue weighted by Gasteiger charge is 2.05. The van der Waals surface area contributed by atoms with E-state index in [0.29, 0.717) is 11.4 Å². The Hall–Kier alpha value is -2.39. The van der Waals surface area contributed by atoms with Crippen molar-refractivity contribution < 1.29 is 9.84 Å². The smallest absolute Gasteiger partial charge is 0.145 e. The minimum absolute atomic E-state index is 0.568. The number of aliphatic hydroxyl groups is 1. The molecule has 1 N–H and O–H groups in total. The molecule has 3 aromatic rings. The molecule has 0 unspecified atom stereocenters. The Kier molecular flexibility index (Phi) is 3.35. The quantitative estimate of drug-likeness (QED) is 0.775. The van der Waals surface area contributed by atoms with E-state index in [0.717, 1.165) is 16.5 Å². The fourth-order valence-electron chi connectivity index (χ4n) is 2.11. The van der Waals surface area contributed by atoms with Gasteiger partial charge in [0.1, 0.15) is 11.5 Å². The number of hydrogen-bond donors (Lipinski definition) is 1. The summed E-state index contributed by atoms with van der Waals surface area (Å²) < 4.78 is 5.88.